The van der Waals surface area contributed by atoms with Crippen LogP contribution in [-0.4, -0.2) is 29.0 Å². The molecule has 1 aromatic carbocycles. The number of hydrogen-bond donors (Lipinski definition) is 1. The molecule has 6 nitrogen and oxygen atoms in total. The van der Waals surface area contributed by atoms with Gasteiger partial charge in [-0.25, -0.2) is 0 Å². The first-order valence-electron chi connectivity index (χ1n) is 8.08. The molecule has 1 N–H and O–H groups in total. The molecule has 3 rings (SSSR count). The molecule has 2 heterocycles. The van der Waals surface area contributed by atoms with Crippen LogP contribution in [0.25, 0.3) is 0 Å². The van der Waals surface area contributed by atoms with E-state index >= 15 is 0 Å². The number of benzene rings is 1. The van der Waals surface area contributed by atoms with Gasteiger partial charge in [-0.15, -0.1) is 0 Å². The van der Waals surface area contributed by atoms with Crippen molar-refractivity contribution >= 4 is 5.91 Å². The summed E-state index contributed by atoms with van der Waals surface area (Å²) in [4.78, 5) is 12.3. The van der Waals surface area contributed by atoms with Gasteiger partial charge < -0.3 is 14.8 Å². The van der Waals surface area contributed by atoms with Gasteiger partial charge >= 0.3 is 0 Å². The van der Waals surface area contributed by atoms with E-state index in [9.17, 15) is 4.79 Å². The van der Waals surface area contributed by atoms with Crippen molar-refractivity contribution in [2.24, 2.45) is 0 Å². The summed E-state index contributed by atoms with van der Waals surface area (Å²) in [7, 11) is 0. The number of aromatic nitrogens is 2. The van der Waals surface area contributed by atoms with Gasteiger partial charge in [0.1, 0.15) is 5.69 Å². The van der Waals surface area contributed by atoms with E-state index < -0.39 is 0 Å². The number of carbonyl (C=O) groups excluding carboxylic acids is 1. The molecular formula is C18H23N3O3. The Bertz CT molecular complexity index is 759. The lowest BCUT2D eigenvalue weighted by Crippen LogP contribution is -2.28. The first kappa shape index (κ1) is 16.4. The predicted molar refractivity (Wildman–Crippen MR) is 90.6 cm³/mol. The van der Waals surface area contributed by atoms with Crippen molar-refractivity contribution in [1.82, 2.24) is 15.1 Å². The molecule has 0 radical (unpaired) electrons. The van der Waals surface area contributed by atoms with Gasteiger partial charge in [-0.3, -0.25) is 9.48 Å². The zero-order valence-electron chi connectivity index (χ0n) is 14.5. The molecule has 0 fully saturated rings. The highest BCUT2D eigenvalue weighted by atomic mass is 16.7. The highest BCUT2D eigenvalue weighted by Crippen LogP contribution is 2.32. The number of hydrogen-bond acceptors (Lipinski definition) is 4. The van der Waals surface area contributed by atoms with Gasteiger partial charge in [-0.2, -0.15) is 5.10 Å². The van der Waals surface area contributed by atoms with Gasteiger partial charge in [-0.05, 0) is 57.9 Å². The number of carbonyl (C=O) groups is 1. The maximum Gasteiger partial charge on any atom is 0.271 e. The molecule has 1 aliphatic rings. The van der Waals surface area contributed by atoms with Crippen LogP contribution in [0.3, 0.4) is 0 Å². The van der Waals surface area contributed by atoms with Crippen molar-refractivity contribution in [2.45, 2.75) is 39.7 Å². The monoisotopic (exact) mass is 329 g/mol. The number of rotatable bonds is 4. The van der Waals surface area contributed by atoms with E-state index in [-0.39, 0.29) is 18.2 Å². The molecule has 0 spiro atoms. The zero-order chi connectivity index (χ0) is 17.3. The molecule has 2 aromatic rings. The summed E-state index contributed by atoms with van der Waals surface area (Å²) in [6.07, 6.45) is 0.724. The Hall–Kier alpha value is -2.50. The summed E-state index contributed by atoms with van der Waals surface area (Å²) in [5.74, 6) is 1.38. The van der Waals surface area contributed by atoms with E-state index in [1.165, 1.54) is 0 Å². The highest BCUT2D eigenvalue weighted by Gasteiger charge is 2.20. The summed E-state index contributed by atoms with van der Waals surface area (Å²) >= 11 is 0. The van der Waals surface area contributed by atoms with Crippen LogP contribution in [-0.2, 0) is 12.0 Å². The van der Waals surface area contributed by atoms with Gasteiger partial charge in [0.15, 0.2) is 11.5 Å². The van der Waals surface area contributed by atoms with Crippen molar-refractivity contribution in [3.05, 3.63) is 41.2 Å². The fourth-order valence-electron chi connectivity index (χ4n) is 2.77. The molecule has 0 bridgehead atoms. The minimum atomic E-state index is -0.151. The van der Waals surface area contributed by atoms with Crippen molar-refractivity contribution in [3.63, 3.8) is 0 Å². The molecule has 0 saturated heterocycles. The second-order valence-corrected chi connectivity index (χ2v) is 6.95. The minimum Gasteiger partial charge on any atom is -0.454 e. The molecule has 6 heteroatoms. The summed E-state index contributed by atoms with van der Waals surface area (Å²) in [5.41, 5.74) is 2.38. The lowest BCUT2D eigenvalue weighted by Gasteiger charge is -2.21. The van der Waals surface area contributed by atoms with Crippen LogP contribution >= 0.6 is 0 Å². The van der Waals surface area contributed by atoms with Crippen molar-refractivity contribution in [3.8, 4) is 11.5 Å². The third-order valence-corrected chi connectivity index (χ3v) is 3.89. The van der Waals surface area contributed by atoms with E-state index in [1.807, 2.05) is 35.9 Å². The molecule has 1 aromatic heterocycles. The summed E-state index contributed by atoms with van der Waals surface area (Å²) in [6.45, 7) is 8.96. The molecule has 128 valence electrons. The molecule has 24 heavy (non-hydrogen) atoms. The van der Waals surface area contributed by atoms with Crippen LogP contribution < -0.4 is 14.8 Å². The van der Waals surface area contributed by atoms with E-state index in [1.54, 1.807) is 0 Å². The first-order valence-corrected chi connectivity index (χ1v) is 8.08. The average Bonchev–Trinajstić information content (AvgIpc) is 3.12. The maximum absolute atomic E-state index is 12.3. The van der Waals surface area contributed by atoms with Gasteiger partial charge in [0, 0.05) is 12.2 Å². The number of fused-ring (bicyclic) bond motifs is 1. The highest BCUT2D eigenvalue weighted by molar-refractivity contribution is 5.92. The van der Waals surface area contributed by atoms with E-state index in [2.05, 4.69) is 31.2 Å². The Labute approximate surface area is 141 Å². The lowest BCUT2D eigenvalue weighted by molar-refractivity contribution is 0.0947. The fraction of sp³-hybridized carbons (Fsp3) is 0.444. The van der Waals surface area contributed by atoms with Crippen LogP contribution in [0.15, 0.2) is 24.3 Å². The Morgan fingerprint density at radius 2 is 2.00 bits per heavy atom. The van der Waals surface area contributed by atoms with E-state index in [0.717, 1.165) is 29.2 Å². The molecule has 1 aliphatic heterocycles. The van der Waals surface area contributed by atoms with Gasteiger partial charge in [-0.1, -0.05) is 6.07 Å². The number of aryl methyl sites for hydroxylation is 1. The lowest BCUT2D eigenvalue weighted by atomic mass is 10.1. The average molecular weight is 329 g/mol. The Morgan fingerprint density at radius 3 is 2.71 bits per heavy atom. The zero-order valence-corrected chi connectivity index (χ0v) is 14.5. The topological polar surface area (TPSA) is 65.4 Å². The Balaban J connectivity index is 1.58. The number of nitrogens with zero attached hydrogens (tertiary/aromatic N) is 2. The van der Waals surface area contributed by atoms with E-state index in [4.69, 9.17) is 9.47 Å². The summed E-state index contributed by atoms with van der Waals surface area (Å²) < 4.78 is 12.5. The van der Waals surface area contributed by atoms with Crippen molar-refractivity contribution in [1.29, 1.82) is 0 Å². The molecule has 0 unspecified atom stereocenters. The smallest absolute Gasteiger partial charge is 0.271 e. The normalized spacial score (nSPS) is 13.2. The largest absolute Gasteiger partial charge is 0.454 e. The number of ether oxygens (including phenoxy) is 2. The third-order valence-electron chi connectivity index (χ3n) is 3.89. The second-order valence-electron chi connectivity index (χ2n) is 6.95. The Morgan fingerprint density at radius 1 is 1.25 bits per heavy atom. The Kier molecular flexibility index (Phi) is 4.22. The fourth-order valence-corrected chi connectivity index (χ4v) is 2.77. The second kappa shape index (κ2) is 6.19. The van der Waals surface area contributed by atoms with Crippen LogP contribution in [0.1, 0.15) is 42.5 Å². The van der Waals surface area contributed by atoms with Crippen molar-refractivity contribution < 1.29 is 14.3 Å². The van der Waals surface area contributed by atoms with Crippen molar-refractivity contribution in [2.75, 3.05) is 13.3 Å². The summed E-state index contributed by atoms with van der Waals surface area (Å²) in [6, 6.07) is 7.65. The molecule has 0 aliphatic carbocycles. The standard InChI is InChI=1S/C18H23N3O3/c1-12-9-14(20-21(12)18(2,3)4)17(22)19-8-7-13-5-6-15-16(10-13)24-11-23-15/h5-6,9-10H,7-8,11H2,1-4H3,(H,19,22). The molecular weight excluding hydrogens is 306 g/mol. The molecule has 0 saturated carbocycles. The van der Waals surface area contributed by atoms with Gasteiger partial charge in [0.05, 0.1) is 5.54 Å². The number of nitrogens with one attached hydrogen (secondary N) is 1. The maximum atomic E-state index is 12.3. The third kappa shape index (κ3) is 3.37. The quantitative estimate of drug-likeness (QED) is 0.936. The predicted octanol–water partition coefficient (Wildman–Crippen LogP) is 2.65. The molecule has 1 amide bonds. The minimum absolute atomic E-state index is 0.144. The SMILES string of the molecule is Cc1cc(C(=O)NCCc2ccc3c(c2)OCO3)nn1C(C)(C)C. The number of amides is 1. The van der Waals surface area contributed by atoms with Crippen LogP contribution in [0.2, 0.25) is 0 Å². The van der Waals surface area contributed by atoms with Gasteiger partial charge in [0.25, 0.3) is 5.91 Å². The van der Waals surface area contributed by atoms with Crippen LogP contribution in [0.5, 0.6) is 11.5 Å². The molecule has 0 atom stereocenters. The van der Waals surface area contributed by atoms with Crippen LogP contribution in [0.4, 0.5) is 0 Å². The first-order chi connectivity index (χ1) is 11.3. The summed E-state index contributed by atoms with van der Waals surface area (Å²) in [5, 5.41) is 7.34. The van der Waals surface area contributed by atoms with Gasteiger partial charge in [0.2, 0.25) is 6.79 Å². The van der Waals surface area contributed by atoms with Crippen LogP contribution in [0, 0.1) is 6.92 Å². The van der Waals surface area contributed by atoms with E-state index in [0.29, 0.717) is 12.2 Å².